The zero-order valence-corrected chi connectivity index (χ0v) is 11.9. The smallest absolute Gasteiger partial charge is 0.0317 e. The summed E-state index contributed by atoms with van der Waals surface area (Å²) in [5.41, 5.74) is 0. The van der Waals surface area contributed by atoms with Gasteiger partial charge in [-0.1, -0.05) is 33.1 Å². The van der Waals surface area contributed by atoms with E-state index in [4.69, 9.17) is 0 Å². The molecule has 1 fully saturated rings. The quantitative estimate of drug-likeness (QED) is 0.723. The van der Waals surface area contributed by atoms with Crippen molar-refractivity contribution in [2.45, 2.75) is 56.1 Å². The monoisotopic (exact) mass is 247 g/mol. The molecule has 1 rings (SSSR count). The topological polar surface area (TPSA) is 12.0 Å². The predicted molar refractivity (Wildman–Crippen MR) is 75.2 cm³/mol. The third-order valence-electron chi connectivity index (χ3n) is 3.12. The van der Waals surface area contributed by atoms with E-state index in [1.165, 1.54) is 37.2 Å². The number of rotatable bonds is 6. The number of nitrogens with one attached hydrogen (secondary N) is 1. The van der Waals surface area contributed by atoms with Crippen LogP contribution in [0.15, 0.2) is 0 Å². The molecule has 0 aromatic heterocycles. The first-order chi connectivity index (χ1) is 7.29. The minimum Gasteiger partial charge on any atom is -0.316 e. The Morgan fingerprint density at radius 3 is 2.60 bits per heavy atom. The molecule has 0 aliphatic carbocycles. The molecule has 90 valence electrons. The number of thioether (sulfide) groups is 2. The molecule has 0 aromatic carbocycles. The van der Waals surface area contributed by atoms with Crippen molar-refractivity contribution in [1.29, 1.82) is 0 Å². The molecule has 1 nitrogen and oxygen atoms in total. The van der Waals surface area contributed by atoms with Gasteiger partial charge in [-0.05, 0) is 13.5 Å². The second kappa shape index (κ2) is 7.86. The highest BCUT2D eigenvalue weighted by molar-refractivity contribution is 8.07. The second-order valence-corrected chi connectivity index (χ2v) is 7.07. The van der Waals surface area contributed by atoms with Crippen molar-refractivity contribution in [3.8, 4) is 0 Å². The normalized spacial score (nSPS) is 29.0. The lowest BCUT2D eigenvalue weighted by atomic mass is 10.0. The van der Waals surface area contributed by atoms with Crippen LogP contribution >= 0.6 is 23.5 Å². The fourth-order valence-corrected chi connectivity index (χ4v) is 5.22. The van der Waals surface area contributed by atoms with Crippen LogP contribution in [-0.2, 0) is 0 Å². The zero-order valence-electron chi connectivity index (χ0n) is 10.3. The summed E-state index contributed by atoms with van der Waals surface area (Å²) >= 11 is 4.33. The van der Waals surface area contributed by atoms with Crippen molar-refractivity contribution in [2.75, 3.05) is 18.6 Å². The van der Waals surface area contributed by atoms with Crippen LogP contribution in [0.25, 0.3) is 0 Å². The van der Waals surface area contributed by atoms with Crippen molar-refractivity contribution in [2.24, 2.45) is 0 Å². The molecule has 3 atom stereocenters. The summed E-state index contributed by atoms with van der Waals surface area (Å²) in [6.45, 7) is 4.67. The van der Waals surface area contributed by atoms with Gasteiger partial charge in [0.15, 0.2) is 0 Å². The SMILES string of the molecule is CCCCCC(NC)C1SCCSC1C. The number of hydrogen-bond donors (Lipinski definition) is 1. The Kier molecular flexibility index (Phi) is 7.19. The van der Waals surface area contributed by atoms with E-state index in [0.717, 1.165) is 16.5 Å². The standard InChI is InChI=1S/C12H25NS2/c1-4-5-6-7-11(13-3)12-10(2)14-8-9-15-12/h10-13H,4-9H2,1-3H3. The summed E-state index contributed by atoms with van der Waals surface area (Å²) in [5, 5.41) is 5.17. The van der Waals surface area contributed by atoms with E-state index < -0.39 is 0 Å². The van der Waals surface area contributed by atoms with Crippen molar-refractivity contribution < 1.29 is 0 Å². The average molecular weight is 247 g/mol. The van der Waals surface area contributed by atoms with Crippen LogP contribution in [0.5, 0.6) is 0 Å². The van der Waals surface area contributed by atoms with E-state index in [1.807, 2.05) is 0 Å². The molecule has 1 aliphatic heterocycles. The molecule has 0 amide bonds. The maximum Gasteiger partial charge on any atom is 0.0317 e. The van der Waals surface area contributed by atoms with Crippen molar-refractivity contribution >= 4 is 23.5 Å². The van der Waals surface area contributed by atoms with Gasteiger partial charge in [0.05, 0.1) is 0 Å². The molecule has 0 aromatic rings. The van der Waals surface area contributed by atoms with Crippen molar-refractivity contribution in [3.63, 3.8) is 0 Å². The minimum absolute atomic E-state index is 0.726. The molecule has 1 N–H and O–H groups in total. The first kappa shape index (κ1) is 13.7. The second-order valence-electron chi connectivity index (χ2n) is 4.30. The molecular weight excluding hydrogens is 222 g/mol. The highest BCUT2D eigenvalue weighted by Crippen LogP contribution is 2.34. The predicted octanol–water partition coefficient (Wildman–Crippen LogP) is 3.39. The Balaban J connectivity index is 2.34. The first-order valence-electron chi connectivity index (χ1n) is 6.20. The third-order valence-corrected chi connectivity index (χ3v) is 6.37. The van der Waals surface area contributed by atoms with Crippen LogP contribution in [0, 0.1) is 0 Å². The van der Waals surface area contributed by atoms with E-state index in [0.29, 0.717) is 0 Å². The highest BCUT2D eigenvalue weighted by atomic mass is 32.2. The Morgan fingerprint density at radius 2 is 2.00 bits per heavy atom. The average Bonchev–Trinajstić information content (AvgIpc) is 2.26. The van der Waals surface area contributed by atoms with E-state index in [9.17, 15) is 0 Å². The van der Waals surface area contributed by atoms with Crippen LogP contribution in [0.4, 0.5) is 0 Å². The molecule has 1 saturated heterocycles. The lowest BCUT2D eigenvalue weighted by molar-refractivity contribution is 0.474. The molecule has 1 heterocycles. The maximum absolute atomic E-state index is 3.53. The van der Waals surface area contributed by atoms with Crippen LogP contribution < -0.4 is 5.32 Å². The van der Waals surface area contributed by atoms with Crippen LogP contribution in [0.3, 0.4) is 0 Å². The number of hydrogen-bond acceptors (Lipinski definition) is 3. The Labute approximate surface area is 104 Å². The Bertz CT molecular complexity index is 164. The van der Waals surface area contributed by atoms with Crippen molar-refractivity contribution in [3.05, 3.63) is 0 Å². The van der Waals surface area contributed by atoms with Crippen LogP contribution in [0.1, 0.15) is 39.5 Å². The van der Waals surface area contributed by atoms with Gasteiger partial charge in [-0.25, -0.2) is 0 Å². The van der Waals surface area contributed by atoms with Gasteiger partial charge < -0.3 is 5.32 Å². The van der Waals surface area contributed by atoms with Gasteiger partial charge in [0, 0.05) is 28.0 Å². The lowest BCUT2D eigenvalue weighted by Crippen LogP contribution is -2.42. The molecule has 15 heavy (non-hydrogen) atoms. The summed E-state index contributed by atoms with van der Waals surface area (Å²) in [5.74, 6) is 2.68. The number of unbranched alkanes of at least 4 members (excludes halogenated alkanes) is 2. The Morgan fingerprint density at radius 1 is 1.27 bits per heavy atom. The van der Waals surface area contributed by atoms with Gasteiger partial charge in [0.2, 0.25) is 0 Å². The molecule has 0 spiro atoms. The fourth-order valence-electron chi connectivity index (χ4n) is 2.18. The first-order valence-corrected chi connectivity index (χ1v) is 8.29. The molecule has 0 saturated carbocycles. The minimum atomic E-state index is 0.726. The van der Waals surface area contributed by atoms with Crippen LogP contribution in [0.2, 0.25) is 0 Å². The summed E-state index contributed by atoms with van der Waals surface area (Å²) in [4.78, 5) is 0. The van der Waals surface area contributed by atoms with E-state index >= 15 is 0 Å². The molecule has 3 heteroatoms. The van der Waals surface area contributed by atoms with Gasteiger partial charge in [-0.3, -0.25) is 0 Å². The van der Waals surface area contributed by atoms with Crippen molar-refractivity contribution in [1.82, 2.24) is 5.32 Å². The largest absolute Gasteiger partial charge is 0.316 e. The molecule has 3 unspecified atom stereocenters. The fraction of sp³-hybridized carbons (Fsp3) is 1.00. The van der Waals surface area contributed by atoms with Gasteiger partial charge in [0.25, 0.3) is 0 Å². The molecule has 0 bridgehead atoms. The summed E-state index contributed by atoms with van der Waals surface area (Å²) < 4.78 is 0. The zero-order chi connectivity index (χ0) is 11.1. The van der Waals surface area contributed by atoms with E-state index in [-0.39, 0.29) is 0 Å². The maximum atomic E-state index is 3.53. The molecule has 0 radical (unpaired) electrons. The summed E-state index contributed by atoms with van der Waals surface area (Å²) in [7, 11) is 2.13. The van der Waals surface area contributed by atoms with Gasteiger partial charge >= 0.3 is 0 Å². The van der Waals surface area contributed by atoms with Gasteiger partial charge in [0.1, 0.15) is 0 Å². The Hall–Kier alpha value is 0.660. The molecule has 1 aliphatic rings. The summed E-state index contributed by atoms with van der Waals surface area (Å²) in [6.07, 6.45) is 5.46. The lowest BCUT2D eigenvalue weighted by Gasteiger charge is -2.34. The summed E-state index contributed by atoms with van der Waals surface area (Å²) in [6, 6.07) is 0.726. The third kappa shape index (κ3) is 4.58. The van der Waals surface area contributed by atoms with Gasteiger partial charge in [-0.15, -0.1) is 0 Å². The highest BCUT2D eigenvalue weighted by Gasteiger charge is 2.28. The van der Waals surface area contributed by atoms with Crippen LogP contribution in [-0.4, -0.2) is 35.1 Å². The van der Waals surface area contributed by atoms with Gasteiger partial charge in [-0.2, -0.15) is 23.5 Å². The molecular formula is C12H25NS2. The van der Waals surface area contributed by atoms with E-state index in [1.54, 1.807) is 0 Å². The van der Waals surface area contributed by atoms with E-state index in [2.05, 4.69) is 49.7 Å².